The second-order valence-corrected chi connectivity index (χ2v) is 3.55. The van der Waals surface area contributed by atoms with Crippen LogP contribution >= 0.6 is 0 Å². The van der Waals surface area contributed by atoms with Gasteiger partial charge in [0.2, 0.25) is 5.91 Å². The number of benzene rings is 1. The number of ether oxygens (including phenoxy) is 1. The molecule has 0 atom stereocenters. The number of halogens is 1. The molecule has 6 heteroatoms. The largest absolute Gasteiger partial charge is 0.490 e. The molecule has 1 amide bonds. The summed E-state index contributed by atoms with van der Waals surface area (Å²) in [5.74, 6) is -2.42. The van der Waals surface area contributed by atoms with Crippen molar-refractivity contribution in [3.8, 4) is 5.75 Å². The molecule has 0 saturated heterocycles. The molecule has 0 aliphatic carbocycles. The van der Waals surface area contributed by atoms with Crippen molar-refractivity contribution in [3.63, 3.8) is 0 Å². The standard InChI is InChI=1S/C12H14FNO4/c1-14-10(15)6-3-7-18-11-8(12(16)17)4-2-5-9(11)13/h2,4-5H,3,6-7H2,1H3,(H,14,15)(H,16,17). The number of carbonyl (C=O) groups is 2. The van der Waals surface area contributed by atoms with Crippen molar-refractivity contribution in [1.29, 1.82) is 0 Å². The van der Waals surface area contributed by atoms with Gasteiger partial charge in [-0.25, -0.2) is 9.18 Å². The summed E-state index contributed by atoms with van der Waals surface area (Å²) < 4.78 is 18.5. The first-order chi connectivity index (χ1) is 8.56. The number of aromatic carboxylic acids is 1. The van der Waals surface area contributed by atoms with Gasteiger partial charge in [-0.1, -0.05) is 6.07 Å². The maximum absolute atomic E-state index is 13.4. The zero-order valence-electron chi connectivity index (χ0n) is 9.90. The lowest BCUT2D eigenvalue weighted by molar-refractivity contribution is -0.120. The Morgan fingerprint density at radius 3 is 2.78 bits per heavy atom. The number of rotatable bonds is 6. The second kappa shape index (κ2) is 6.58. The first-order valence-corrected chi connectivity index (χ1v) is 5.41. The van der Waals surface area contributed by atoms with Crippen LogP contribution in [0.25, 0.3) is 0 Å². The lowest BCUT2D eigenvalue weighted by atomic mass is 10.2. The van der Waals surface area contributed by atoms with Crippen LogP contribution < -0.4 is 10.1 Å². The summed E-state index contributed by atoms with van der Waals surface area (Å²) in [6, 6.07) is 3.69. The van der Waals surface area contributed by atoms with Gasteiger partial charge >= 0.3 is 5.97 Å². The quantitative estimate of drug-likeness (QED) is 0.754. The molecule has 0 radical (unpaired) electrons. The third kappa shape index (κ3) is 3.73. The molecule has 0 saturated carbocycles. The van der Waals surface area contributed by atoms with Gasteiger partial charge in [-0.2, -0.15) is 0 Å². The molecule has 0 aliphatic heterocycles. The third-order valence-corrected chi connectivity index (χ3v) is 2.27. The van der Waals surface area contributed by atoms with E-state index >= 15 is 0 Å². The zero-order valence-corrected chi connectivity index (χ0v) is 9.90. The van der Waals surface area contributed by atoms with Crippen molar-refractivity contribution in [2.75, 3.05) is 13.7 Å². The molecule has 98 valence electrons. The highest BCUT2D eigenvalue weighted by molar-refractivity contribution is 5.90. The Hall–Kier alpha value is -2.11. The van der Waals surface area contributed by atoms with Crippen LogP contribution in [-0.4, -0.2) is 30.6 Å². The van der Waals surface area contributed by atoms with Crippen molar-refractivity contribution in [3.05, 3.63) is 29.6 Å². The van der Waals surface area contributed by atoms with Gasteiger partial charge in [-0.3, -0.25) is 4.79 Å². The predicted molar refractivity (Wildman–Crippen MR) is 62.2 cm³/mol. The zero-order chi connectivity index (χ0) is 13.5. The van der Waals surface area contributed by atoms with Crippen LogP contribution in [0.4, 0.5) is 4.39 Å². The third-order valence-electron chi connectivity index (χ3n) is 2.27. The number of para-hydroxylation sites is 1. The summed E-state index contributed by atoms with van der Waals surface area (Å²) in [6.07, 6.45) is 0.625. The van der Waals surface area contributed by atoms with Crippen LogP contribution in [-0.2, 0) is 4.79 Å². The van der Waals surface area contributed by atoms with Crippen LogP contribution in [0.5, 0.6) is 5.75 Å². The number of hydrogen-bond donors (Lipinski definition) is 2. The highest BCUT2D eigenvalue weighted by Crippen LogP contribution is 2.22. The molecule has 0 aliphatic rings. The van der Waals surface area contributed by atoms with E-state index in [1.807, 2.05) is 0 Å². The van der Waals surface area contributed by atoms with Crippen molar-refractivity contribution in [2.45, 2.75) is 12.8 Å². The summed E-state index contributed by atoms with van der Waals surface area (Å²) in [4.78, 5) is 21.8. The topological polar surface area (TPSA) is 75.6 Å². The van der Waals surface area contributed by atoms with E-state index < -0.39 is 11.8 Å². The fraction of sp³-hybridized carbons (Fsp3) is 0.333. The summed E-state index contributed by atoms with van der Waals surface area (Å²) in [7, 11) is 1.52. The van der Waals surface area contributed by atoms with Crippen LogP contribution in [0.1, 0.15) is 23.2 Å². The molecule has 1 rings (SSSR count). The second-order valence-electron chi connectivity index (χ2n) is 3.55. The molecule has 2 N–H and O–H groups in total. The van der Waals surface area contributed by atoms with Crippen LogP contribution in [0.3, 0.4) is 0 Å². The fourth-order valence-electron chi connectivity index (χ4n) is 1.36. The summed E-state index contributed by atoms with van der Waals surface area (Å²) in [6.45, 7) is 0.0780. The normalized spacial score (nSPS) is 9.89. The summed E-state index contributed by atoms with van der Waals surface area (Å²) >= 11 is 0. The van der Waals surface area contributed by atoms with Crippen LogP contribution in [0, 0.1) is 5.82 Å². The number of amides is 1. The Morgan fingerprint density at radius 1 is 1.44 bits per heavy atom. The van der Waals surface area contributed by atoms with Gasteiger partial charge < -0.3 is 15.2 Å². The van der Waals surface area contributed by atoms with Gasteiger partial charge in [0.15, 0.2) is 11.6 Å². The Balaban J connectivity index is 2.61. The lowest BCUT2D eigenvalue weighted by Gasteiger charge is -2.09. The molecule has 0 aromatic heterocycles. The molecule has 0 unspecified atom stereocenters. The molecule has 0 fully saturated rings. The average Bonchev–Trinajstić information content (AvgIpc) is 2.35. The molecule has 5 nitrogen and oxygen atoms in total. The van der Waals surface area contributed by atoms with Gasteiger partial charge in [-0.15, -0.1) is 0 Å². The Morgan fingerprint density at radius 2 is 2.17 bits per heavy atom. The monoisotopic (exact) mass is 255 g/mol. The Bertz CT molecular complexity index is 448. The number of carboxylic acids is 1. The smallest absolute Gasteiger partial charge is 0.339 e. The van der Waals surface area contributed by atoms with E-state index in [0.29, 0.717) is 6.42 Å². The van der Waals surface area contributed by atoms with Gasteiger partial charge in [0.05, 0.1) is 6.61 Å². The Kier molecular flexibility index (Phi) is 5.10. The minimum Gasteiger partial charge on any atom is -0.490 e. The minimum absolute atomic E-state index is 0.0780. The van der Waals surface area contributed by atoms with Crippen LogP contribution in [0.15, 0.2) is 18.2 Å². The molecule has 1 aromatic rings. The fourth-order valence-corrected chi connectivity index (χ4v) is 1.36. The van der Waals surface area contributed by atoms with Gasteiger partial charge in [0, 0.05) is 13.5 Å². The predicted octanol–water partition coefficient (Wildman–Crippen LogP) is 1.43. The van der Waals surface area contributed by atoms with Gasteiger partial charge in [0.25, 0.3) is 0 Å². The van der Waals surface area contributed by atoms with E-state index in [4.69, 9.17) is 9.84 Å². The first kappa shape index (κ1) is 14.0. The van der Waals surface area contributed by atoms with E-state index in [-0.39, 0.29) is 30.2 Å². The van der Waals surface area contributed by atoms with Crippen molar-refractivity contribution < 1.29 is 23.8 Å². The van der Waals surface area contributed by atoms with Crippen LogP contribution in [0.2, 0.25) is 0 Å². The number of carbonyl (C=O) groups excluding carboxylic acids is 1. The van der Waals surface area contributed by atoms with Crippen molar-refractivity contribution in [1.82, 2.24) is 5.32 Å². The molecule has 0 spiro atoms. The minimum atomic E-state index is -1.25. The summed E-state index contributed by atoms with van der Waals surface area (Å²) in [5, 5.41) is 11.3. The number of hydrogen-bond acceptors (Lipinski definition) is 3. The summed E-state index contributed by atoms with van der Waals surface area (Å²) in [5.41, 5.74) is -0.227. The molecular formula is C12H14FNO4. The lowest BCUT2D eigenvalue weighted by Crippen LogP contribution is -2.18. The average molecular weight is 255 g/mol. The van der Waals surface area contributed by atoms with E-state index in [9.17, 15) is 14.0 Å². The van der Waals surface area contributed by atoms with E-state index in [1.165, 1.54) is 19.2 Å². The van der Waals surface area contributed by atoms with Crippen molar-refractivity contribution in [2.24, 2.45) is 0 Å². The maximum Gasteiger partial charge on any atom is 0.339 e. The van der Waals surface area contributed by atoms with Gasteiger partial charge in [0.1, 0.15) is 5.56 Å². The molecule has 0 bridgehead atoms. The molecule has 1 aromatic carbocycles. The van der Waals surface area contributed by atoms with E-state index in [0.717, 1.165) is 6.07 Å². The maximum atomic E-state index is 13.4. The highest BCUT2D eigenvalue weighted by Gasteiger charge is 2.15. The van der Waals surface area contributed by atoms with E-state index in [1.54, 1.807) is 0 Å². The molecular weight excluding hydrogens is 241 g/mol. The highest BCUT2D eigenvalue weighted by atomic mass is 19.1. The number of nitrogens with one attached hydrogen (secondary N) is 1. The SMILES string of the molecule is CNC(=O)CCCOc1c(F)cccc1C(=O)O. The van der Waals surface area contributed by atoms with E-state index in [2.05, 4.69) is 5.32 Å². The molecule has 18 heavy (non-hydrogen) atoms. The Labute approximate surface area is 104 Å². The first-order valence-electron chi connectivity index (χ1n) is 5.41. The molecule has 0 heterocycles. The van der Waals surface area contributed by atoms with Gasteiger partial charge in [-0.05, 0) is 18.6 Å². The number of carboxylic acid groups (broad SMARTS) is 1. The van der Waals surface area contributed by atoms with Crippen molar-refractivity contribution >= 4 is 11.9 Å².